The lowest BCUT2D eigenvalue weighted by Gasteiger charge is -2.41. The number of halogens is 2. The summed E-state index contributed by atoms with van der Waals surface area (Å²) in [7, 11) is -3.39. The summed E-state index contributed by atoms with van der Waals surface area (Å²) in [5.41, 5.74) is 5.03. The molecular formula is C28H29Cl2N3O2S. The number of sulfone groups is 1. The molecule has 3 aromatic carbocycles. The van der Waals surface area contributed by atoms with Crippen LogP contribution in [0.25, 0.3) is 0 Å². The fourth-order valence-electron chi connectivity index (χ4n) is 4.93. The summed E-state index contributed by atoms with van der Waals surface area (Å²) in [5.74, 6) is 0.00816. The van der Waals surface area contributed by atoms with Crippen LogP contribution >= 0.6 is 23.2 Å². The van der Waals surface area contributed by atoms with E-state index in [9.17, 15) is 8.42 Å². The second-order valence-electron chi connectivity index (χ2n) is 9.40. The summed E-state index contributed by atoms with van der Waals surface area (Å²) < 4.78 is 26.1. The van der Waals surface area contributed by atoms with E-state index in [1.807, 2.05) is 66.7 Å². The molecule has 1 N–H and O–H groups in total. The van der Waals surface area contributed by atoms with E-state index in [4.69, 9.17) is 23.2 Å². The molecule has 0 saturated carbocycles. The summed E-state index contributed by atoms with van der Waals surface area (Å²) in [6, 6.07) is 23.5. The Morgan fingerprint density at radius 1 is 0.861 bits per heavy atom. The predicted molar refractivity (Wildman–Crippen MR) is 149 cm³/mol. The number of nitrogens with zero attached hydrogens (tertiary/aromatic N) is 2. The first-order chi connectivity index (χ1) is 17.4. The van der Waals surface area contributed by atoms with Crippen molar-refractivity contribution < 1.29 is 8.42 Å². The fraction of sp³-hybridized carbons (Fsp3) is 0.286. The van der Waals surface area contributed by atoms with Crippen molar-refractivity contribution in [3.8, 4) is 0 Å². The van der Waals surface area contributed by atoms with Crippen molar-refractivity contribution in [3.05, 3.63) is 111 Å². The SMILES string of the molecule is O=S(=O)(C=C1CN(C(c2ccc(Cl)cc2)c2ccc(Cl)cc2)C1)Cc1cccc(N2CCNCC2)c1. The van der Waals surface area contributed by atoms with E-state index in [0.717, 1.165) is 54.1 Å². The van der Waals surface area contributed by atoms with Gasteiger partial charge in [-0.15, -0.1) is 0 Å². The van der Waals surface area contributed by atoms with Crippen molar-refractivity contribution in [2.45, 2.75) is 11.8 Å². The zero-order valence-corrected chi connectivity index (χ0v) is 22.2. The van der Waals surface area contributed by atoms with E-state index in [2.05, 4.69) is 21.2 Å². The molecule has 2 fully saturated rings. The van der Waals surface area contributed by atoms with Gasteiger partial charge in [0.1, 0.15) is 0 Å². The van der Waals surface area contributed by atoms with Gasteiger partial charge >= 0.3 is 0 Å². The van der Waals surface area contributed by atoms with E-state index in [1.54, 1.807) is 0 Å². The second-order valence-corrected chi connectivity index (χ2v) is 12.1. The van der Waals surface area contributed by atoms with E-state index < -0.39 is 9.84 Å². The van der Waals surface area contributed by atoms with Gasteiger partial charge in [0.15, 0.2) is 9.84 Å². The maximum absolute atomic E-state index is 13.0. The number of rotatable bonds is 7. The maximum atomic E-state index is 13.0. The van der Waals surface area contributed by atoms with Gasteiger partial charge in [0.2, 0.25) is 0 Å². The fourth-order valence-corrected chi connectivity index (χ4v) is 6.57. The van der Waals surface area contributed by atoms with Gasteiger partial charge in [0, 0.05) is 60.4 Å². The Morgan fingerprint density at radius 3 is 2.03 bits per heavy atom. The number of piperazine rings is 1. The Labute approximate surface area is 223 Å². The van der Waals surface area contributed by atoms with Crippen LogP contribution in [0.5, 0.6) is 0 Å². The van der Waals surface area contributed by atoms with Gasteiger partial charge in [-0.25, -0.2) is 8.42 Å². The number of likely N-dealkylation sites (tertiary alicyclic amines) is 1. The van der Waals surface area contributed by atoms with Crippen molar-refractivity contribution in [2.24, 2.45) is 0 Å². The van der Waals surface area contributed by atoms with Gasteiger partial charge in [-0.05, 0) is 58.7 Å². The first-order valence-electron chi connectivity index (χ1n) is 12.1. The van der Waals surface area contributed by atoms with Crippen molar-refractivity contribution >= 4 is 38.7 Å². The van der Waals surface area contributed by atoms with Crippen molar-refractivity contribution in [2.75, 3.05) is 44.2 Å². The van der Waals surface area contributed by atoms with Crippen LogP contribution in [0.4, 0.5) is 5.69 Å². The average molecular weight is 543 g/mol. The number of benzene rings is 3. The molecule has 0 unspecified atom stereocenters. The molecule has 2 aliphatic heterocycles. The van der Waals surface area contributed by atoms with Crippen molar-refractivity contribution in [1.29, 1.82) is 0 Å². The Hall–Kier alpha value is -2.35. The minimum absolute atomic E-state index is 0.00454. The van der Waals surface area contributed by atoms with Gasteiger partial charge in [0.05, 0.1) is 11.8 Å². The third kappa shape index (κ3) is 6.13. The van der Waals surface area contributed by atoms with E-state index >= 15 is 0 Å². The minimum Gasteiger partial charge on any atom is -0.369 e. The van der Waals surface area contributed by atoms with Crippen LogP contribution < -0.4 is 10.2 Å². The van der Waals surface area contributed by atoms with Crippen LogP contribution in [0.3, 0.4) is 0 Å². The quantitative estimate of drug-likeness (QED) is 0.439. The molecule has 0 radical (unpaired) electrons. The molecule has 0 aromatic heterocycles. The van der Waals surface area contributed by atoms with Crippen molar-refractivity contribution in [3.63, 3.8) is 0 Å². The molecule has 36 heavy (non-hydrogen) atoms. The van der Waals surface area contributed by atoms with E-state index in [-0.39, 0.29) is 11.8 Å². The molecule has 3 aromatic rings. The van der Waals surface area contributed by atoms with Gasteiger partial charge in [-0.2, -0.15) is 0 Å². The van der Waals surface area contributed by atoms with Gasteiger partial charge in [-0.3, -0.25) is 4.90 Å². The third-order valence-electron chi connectivity index (χ3n) is 6.66. The van der Waals surface area contributed by atoms with E-state index in [0.29, 0.717) is 23.1 Å². The Bertz CT molecular complexity index is 1280. The van der Waals surface area contributed by atoms with Crippen molar-refractivity contribution in [1.82, 2.24) is 10.2 Å². The molecule has 8 heteroatoms. The minimum atomic E-state index is -3.39. The topological polar surface area (TPSA) is 52.7 Å². The highest BCUT2D eigenvalue weighted by atomic mass is 35.5. The molecule has 2 saturated heterocycles. The summed E-state index contributed by atoms with van der Waals surface area (Å²) in [4.78, 5) is 4.56. The highest BCUT2D eigenvalue weighted by Gasteiger charge is 2.31. The zero-order chi connectivity index (χ0) is 25.1. The molecule has 188 valence electrons. The standard InChI is InChI=1S/C28H29Cl2N3O2S/c29-25-8-4-23(5-9-25)28(24-6-10-26(30)11-7-24)33-17-22(18-33)20-36(34,35)19-21-2-1-3-27(16-21)32-14-12-31-13-15-32/h1-11,16,20,28,31H,12-15,17-19H2. The van der Waals surface area contributed by atoms with Crippen LogP contribution in [-0.2, 0) is 15.6 Å². The van der Waals surface area contributed by atoms with E-state index in [1.165, 1.54) is 5.41 Å². The van der Waals surface area contributed by atoms with Crippen LogP contribution in [0, 0.1) is 0 Å². The Kier molecular flexibility index (Phi) is 7.70. The monoisotopic (exact) mass is 541 g/mol. The molecule has 2 aliphatic rings. The second kappa shape index (κ2) is 11.0. The number of nitrogens with one attached hydrogen (secondary N) is 1. The number of anilines is 1. The molecule has 0 bridgehead atoms. The third-order valence-corrected chi connectivity index (χ3v) is 8.59. The lowest BCUT2D eigenvalue weighted by molar-refractivity contribution is 0.202. The molecule has 0 atom stereocenters. The van der Waals surface area contributed by atoms with Gasteiger partial charge in [0.25, 0.3) is 0 Å². The summed E-state index contributed by atoms with van der Waals surface area (Å²) >= 11 is 12.2. The highest BCUT2D eigenvalue weighted by molar-refractivity contribution is 7.93. The van der Waals surface area contributed by atoms with Crippen LogP contribution in [0.15, 0.2) is 83.8 Å². The molecule has 0 amide bonds. The maximum Gasteiger partial charge on any atom is 0.175 e. The molecule has 5 rings (SSSR count). The smallest absolute Gasteiger partial charge is 0.175 e. The predicted octanol–water partition coefficient (Wildman–Crippen LogP) is 5.31. The summed E-state index contributed by atoms with van der Waals surface area (Å²) in [6.45, 7) is 4.93. The normalized spacial score (nSPS) is 16.8. The Balaban J connectivity index is 1.29. The summed E-state index contributed by atoms with van der Waals surface area (Å²) in [5, 5.41) is 6.19. The van der Waals surface area contributed by atoms with Crippen LogP contribution in [0.2, 0.25) is 10.0 Å². The molecule has 5 nitrogen and oxygen atoms in total. The summed E-state index contributed by atoms with van der Waals surface area (Å²) in [6.07, 6.45) is 0. The lowest BCUT2D eigenvalue weighted by atomic mass is 9.93. The van der Waals surface area contributed by atoms with Gasteiger partial charge < -0.3 is 10.2 Å². The van der Waals surface area contributed by atoms with Crippen LogP contribution in [-0.4, -0.2) is 52.6 Å². The Morgan fingerprint density at radius 2 is 1.44 bits per heavy atom. The largest absolute Gasteiger partial charge is 0.369 e. The molecule has 0 aliphatic carbocycles. The van der Waals surface area contributed by atoms with Gasteiger partial charge in [-0.1, -0.05) is 59.6 Å². The zero-order valence-electron chi connectivity index (χ0n) is 19.9. The average Bonchev–Trinajstić information content (AvgIpc) is 2.85. The number of hydrogen-bond acceptors (Lipinski definition) is 5. The molecular weight excluding hydrogens is 513 g/mol. The lowest BCUT2D eigenvalue weighted by Crippen LogP contribution is -2.43. The number of hydrogen-bond donors (Lipinski definition) is 1. The highest BCUT2D eigenvalue weighted by Crippen LogP contribution is 2.35. The first-order valence-corrected chi connectivity index (χ1v) is 14.6. The molecule has 2 heterocycles. The van der Waals surface area contributed by atoms with Crippen LogP contribution in [0.1, 0.15) is 22.7 Å². The molecule has 0 spiro atoms. The first kappa shape index (κ1) is 25.3.